The van der Waals surface area contributed by atoms with E-state index in [9.17, 15) is 4.79 Å². The molecule has 4 nitrogen and oxygen atoms in total. The molecular formula is C16H29N3O. The van der Waals surface area contributed by atoms with Gasteiger partial charge in [0.15, 0.2) is 0 Å². The highest BCUT2D eigenvalue weighted by molar-refractivity contribution is 5.83. The third kappa shape index (κ3) is 2.86. The first kappa shape index (κ1) is 14.3. The Morgan fingerprint density at radius 1 is 1.25 bits per heavy atom. The van der Waals surface area contributed by atoms with E-state index < -0.39 is 0 Å². The summed E-state index contributed by atoms with van der Waals surface area (Å²) in [5.41, 5.74) is 6.25. The fourth-order valence-electron chi connectivity index (χ4n) is 4.38. The Balaban J connectivity index is 1.52. The second-order valence-corrected chi connectivity index (χ2v) is 7.12. The third-order valence-electron chi connectivity index (χ3n) is 5.91. The van der Waals surface area contributed by atoms with Crippen molar-refractivity contribution in [3.05, 3.63) is 0 Å². The zero-order chi connectivity index (χ0) is 14.0. The van der Waals surface area contributed by atoms with E-state index in [1.54, 1.807) is 0 Å². The zero-order valence-corrected chi connectivity index (χ0v) is 12.5. The number of nitrogens with one attached hydrogen (secondary N) is 2. The SMILES string of the molecule is NCC(NC(=O)C1CC12CCNCC2)C1CCCCC1. The van der Waals surface area contributed by atoms with Gasteiger partial charge in [0.25, 0.3) is 0 Å². The van der Waals surface area contributed by atoms with E-state index in [0.29, 0.717) is 17.9 Å². The smallest absolute Gasteiger partial charge is 0.223 e. The Morgan fingerprint density at radius 3 is 2.60 bits per heavy atom. The molecule has 2 aliphatic carbocycles. The minimum atomic E-state index is 0.210. The van der Waals surface area contributed by atoms with Crippen LogP contribution in [0.3, 0.4) is 0 Å². The van der Waals surface area contributed by atoms with Crippen molar-refractivity contribution in [3.63, 3.8) is 0 Å². The Bertz CT molecular complexity index is 346. The van der Waals surface area contributed by atoms with Gasteiger partial charge in [0, 0.05) is 18.5 Å². The Morgan fingerprint density at radius 2 is 1.95 bits per heavy atom. The Labute approximate surface area is 122 Å². The summed E-state index contributed by atoms with van der Waals surface area (Å²) in [6, 6.07) is 0.210. The van der Waals surface area contributed by atoms with Crippen LogP contribution >= 0.6 is 0 Å². The maximum Gasteiger partial charge on any atom is 0.223 e. The van der Waals surface area contributed by atoms with Crippen molar-refractivity contribution in [2.75, 3.05) is 19.6 Å². The van der Waals surface area contributed by atoms with Crippen molar-refractivity contribution < 1.29 is 4.79 Å². The van der Waals surface area contributed by atoms with Gasteiger partial charge in [-0.15, -0.1) is 0 Å². The van der Waals surface area contributed by atoms with Crippen LogP contribution in [0, 0.1) is 17.3 Å². The van der Waals surface area contributed by atoms with Crippen molar-refractivity contribution >= 4 is 5.91 Å². The van der Waals surface area contributed by atoms with Crippen LogP contribution in [-0.2, 0) is 4.79 Å². The number of nitrogens with two attached hydrogens (primary N) is 1. The highest BCUT2D eigenvalue weighted by Gasteiger charge is 2.57. The predicted octanol–water partition coefficient (Wildman–Crippen LogP) is 1.40. The van der Waals surface area contributed by atoms with E-state index in [-0.39, 0.29) is 17.9 Å². The molecule has 0 bridgehead atoms. The fourth-order valence-corrected chi connectivity index (χ4v) is 4.38. The maximum atomic E-state index is 12.5. The largest absolute Gasteiger partial charge is 0.352 e. The quantitative estimate of drug-likeness (QED) is 0.729. The van der Waals surface area contributed by atoms with Gasteiger partial charge in [-0.25, -0.2) is 0 Å². The van der Waals surface area contributed by atoms with E-state index in [2.05, 4.69) is 10.6 Å². The second-order valence-electron chi connectivity index (χ2n) is 7.12. The predicted molar refractivity (Wildman–Crippen MR) is 80.2 cm³/mol. The molecule has 2 unspecified atom stereocenters. The molecule has 0 aromatic heterocycles. The van der Waals surface area contributed by atoms with Crippen LogP contribution in [-0.4, -0.2) is 31.6 Å². The molecule has 0 aromatic carbocycles. The first-order valence-corrected chi connectivity index (χ1v) is 8.46. The number of rotatable bonds is 4. The van der Waals surface area contributed by atoms with Crippen LogP contribution < -0.4 is 16.4 Å². The molecule has 3 fully saturated rings. The molecule has 0 aromatic rings. The van der Waals surface area contributed by atoms with Crippen molar-refractivity contribution in [3.8, 4) is 0 Å². The van der Waals surface area contributed by atoms with Crippen LogP contribution in [0.2, 0.25) is 0 Å². The Hall–Kier alpha value is -0.610. The lowest BCUT2D eigenvalue weighted by atomic mass is 9.83. The minimum Gasteiger partial charge on any atom is -0.352 e. The van der Waals surface area contributed by atoms with Gasteiger partial charge < -0.3 is 16.4 Å². The van der Waals surface area contributed by atoms with Crippen molar-refractivity contribution in [1.29, 1.82) is 0 Å². The van der Waals surface area contributed by atoms with Crippen molar-refractivity contribution in [2.24, 2.45) is 23.0 Å². The number of hydrogen-bond acceptors (Lipinski definition) is 3. The summed E-state index contributed by atoms with van der Waals surface area (Å²) in [7, 11) is 0. The molecule has 3 rings (SSSR count). The lowest BCUT2D eigenvalue weighted by Gasteiger charge is -2.30. The van der Waals surface area contributed by atoms with Crippen LogP contribution in [0.25, 0.3) is 0 Å². The first-order valence-electron chi connectivity index (χ1n) is 8.46. The van der Waals surface area contributed by atoms with Gasteiger partial charge >= 0.3 is 0 Å². The van der Waals surface area contributed by atoms with Crippen LogP contribution in [0.15, 0.2) is 0 Å². The Kier molecular flexibility index (Phi) is 4.32. The molecule has 4 N–H and O–H groups in total. The fraction of sp³-hybridized carbons (Fsp3) is 0.938. The molecule has 1 heterocycles. The highest BCUT2D eigenvalue weighted by atomic mass is 16.2. The minimum absolute atomic E-state index is 0.210. The van der Waals surface area contributed by atoms with E-state index in [0.717, 1.165) is 19.5 Å². The average molecular weight is 279 g/mol. The molecule has 1 amide bonds. The van der Waals surface area contributed by atoms with E-state index in [1.165, 1.54) is 44.9 Å². The molecule has 4 heteroatoms. The van der Waals surface area contributed by atoms with Crippen molar-refractivity contribution in [1.82, 2.24) is 10.6 Å². The standard InChI is InChI=1S/C16H29N3O/c17-11-14(12-4-2-1-3-5-12)19-15(20)13-10-16(13)6-8-18-9-7-16/h12-14,18H,1-11,17H2,(H,19,20). The molecule has 1 aliphatic heterocycles. The van der Waals surface area contributed by atoms with Gasteiger partial charge in [0.2, 0.25) is 5.91 Å². The summed E-state index contributed by atoms with van der Waals surface area (Å²) in [5.74, 6) is 1.16. The van der Waals surface area contributed by atoms with Gasteiger partial charge in [-0.2, -0.15) is 0 Å². The number of piperidine rings is 1. The molecule has 2 saturated carbocycles. The van der Waals surface area contributed by atoms with E-state index >= 15 is 0 Å². The molecule has 3 aliphatic rings. The number of carbonyl (C=O) groups is 1. The average Bonchev–Trinajstić information content (AvgIpc) is 3.19. The monoisotopic (exact) mass is 279 g/mol. The van der Waals surface area contributed by atoms with Gasteiger partial charge in [-0.05, 0) is 56.5 Å². The number of hydrogen-bond donors (Lipinski definition) is 3. The van der Waals surface area contributed by atoms with Crippen molar-refractivity contribution in [2.45, 2.75) is 57.4 Å². The second kappa shape index (κ2) is 6.02. The molecule has 1 saturated heterocycles. The number of amides is 1. The van der Waals surface area contributed by atoms with Gasteiger partial charge in [0.1, 0.15) is 0 Å². The number of carbonyl (C=O) groups excluding carboxylic acids is 1. The van der Waals surface area contributed by atoms with Gasteiger partial charge in [0.05, 0.1) is 0 Å². The van der Waals surface area contributed by atoms with Crippen LogP contribution in [0.4, 0.5) is 0 Å². The normalized spacial score (nSPS) is 30.9. The lowest BCUT2D eigenvalue weighted by molar-refractivity contribution is -0.124. The molecule has 1 spiro atoms. The summed E-state index contributed by atoms with van der Waals surface area (Å²) in [4.78, 5) is 12.5. The van der Waals surface area contributed by atoms with Gasteiger partial charge in [-0.1, -0.05) is 19.3 Å². The zero-order valence-electron chi connectivity index (χ0n) is 12.5. The summed E-state index contributed by atoms with van der Waals surface area (Å²) in [6.45, 7) is 2.75. The van der Waals surface area contributed by atoms with Crippen LogP contribution in [0.1, 0.15) is 51.4 Å². The molecule has 2 atom stereocenters. The lowest BCUT2D eigenvalue weighted by Crippen LogP contribution is -2.47. The summed E-state index contributed by atoms with van der Waals surface area (Å²) in [5, 5.41) is 6.68. The highest BCUT2D eigenvalue weighted by Crippen LogP contribution is 2.58. The summed E-state index contributed by atoms with van der Waals surface area (Å²) >= 11 is 0. The maximum absolute atomic E-state index is 12.5. The topological polar surface area (TPSA) is 67.1 Å². The summed E-state index contributed by atoms with van der Waals surface area (Å²) in [6.07, 6.45) is 9.86. The first-order chi connectivity index (χ1) is 9.75. The molecule has 20 heavy (non-hydrogen) atoms. The van der Waals surface area contributed by atoms with E-state index in [4.69, 9.17) is 5.73 Å². The van der Waals surface area contributed by atoms with E-state index in [1.807, 2.05) is 0 Å². The molecular weight excluding hydrogens is 250 g/mol. The van der Waals surface area contributed by atoms with Crippen LogP contribution in [0.5, 0.6) is 0 Å². The molecule has 0 radical (unpaired) electrons. The third-order valence-corrected chi connectivity index (χ3v) is 5.91. The molecule has 114 valence electrons. The summed E-state index contributed by atoms with van der Waals surface area (Å²) < 4.78 is 0. The van der Waals surface area contributed by atoms with Gasteiger partial charge in [-0.3, -0.25) is 4.79 Å².